The molecule has 0 saturated carbocycles. The van der Waals surface area contributed by atoms with E-state index in [0.29, 0.717) is 12.3 Å². The number of ether oxygens (including phenoxy) is 1. The largest absolute Gasteiger partial charge is 0.381 e. The zero-order chi connectivity index (χ0) is 12.8. The molecule has 0 aromatic heterocycles. The molecule has 2 heteroatoms. The molecule has 1 rings (SSSR count). The Bertz CT molecular complexity index is 369. The first kappa shape index (κ1) is 13.9. The molecule has 1 aromatic carbocycles. The Morgan fingerprint density at radius 2 is 2.00 bits per heavy atom. The fourth-order valence-electron chi connectivity index (χ4n) is 1.81. The summed E-state index contributed by atoms with van der Waals surface area (Å²) in [7, 11) is 1.63. The van der Waals surface area contributed by atoms with Crippen molar-refractivity contribution in [2.45, 2.75) is 39.7 Å². The Balaban J connectivity index is 2.73. The van der Waals surface area contributed by atoms with E-state index in [1.54, 1.807) is 7.11 Å². The lowest BCUT2D eigenvalue weighted by molar-refractivity contribution is 0.0792. The highest BCUT2D eigenvalue weighted by molar-refractivity contribution is 5.96. The molecule has 2 nitrogen and oxygen atoms in total. The van der Waals surface area contributed by atoms with Crippen molar-refractivity contribution in [2.75, 3.05) is 7.11 Å². The summed E-state index contributed by atoms with van der Waals surface area (Å²) in [6.07, 6.45) is 1.44. The number of rotatable bonds is 6. The van der Waals surface area contributed by atoms with Gasteiger partial charge >= 0.3 is 0 Å². The SMILES string of the molecule is COC(C)CC(=O)c1cccc(CC(C)C)c1. The smallest absolute Gasteiger partial charge is 0.165 e. The van der Waals surface area contributed by atoms with Crippen molar-refractivity contribution >= 4 is 5.78 Å². The van der Waals surface area contributed by atoms with E-state index >= 15 is 0 Å². The van der Waals surface area contributed by atoms with Crippen LogP contribution in [0.15, 0.2) is 24.3 Å². The Hall–Kier alpha value is -1.15. The van der Waals surface area contributed by atoms with E-state index in [0.717, 1.165) is 12.0 Å². The highest BCUT2D eigenvalue weighted by atomic mass is 16.5. The Kier molecular flexibility index (Phi) is 5.36. The Morgan fingerprint density at radius 1 is 1.29 bits per heavy atom. The number of carbonyl (C=O) groups excluding carboxylic acids is 1. The minimum absolute atomic E-state index is 0.0174. The second-order valence-electron chi connectivity index (χ2n) is 4.97. The quantitative estimate of drug-likeness (QED) is 0.704. The molecule has 0 bridgehead atoms. The maximum absolute atomic E-state index is 12.0. The van der Waals surface area contributed by atoms with Gasteiger partial charge < -0.3 is 4.74 Å². The molecule has 0 spiro atoms. The average Bonchev–Trinajstić information content (AvgIpc) is 2.28. The minimum Gasteiger partial charge on any atom is -0.381 e. The summed E-state index contributed by atoms with van der Waals surface area (Å²) in [6.45, 7) is 6.28. The zero-order valence-corrected chi connectivity index (χ0v) is 11.2. The first-order valence-electron chi connectivity index (χ1n) is 6.18. The second kappa shape index (κ2) is 6.55. The van der Waals surface area contributed by atoms with Crippen LogP contribution in [0.4, 0.5) is 0 Å². The van der Waals surface area contributed by atoms with Gasteiger partial charge in [-0.25, -0.2) is 0 Å². The third kappa shape index (κ3) is 4.70. The first-order chi connectivity index (χ1) is 8.02. The summed E-state index contributed by atoms with van der Waals surface area (Å²) in [5.74, 6) is 0.767. The molecule has 0 aliphatic heterocycles. The number of Topliss-reactive ketones (excluding diaryl/α,β-unsaturated/α-hetero) is 1. The Morgan fingerprint density at radius 3 is 2.59 bits per heavy atom. The molecule has 0 amide bonds. The summed E-state index contributed by atoms with van der Waals surface area (Å²) >= 11 is 0. The molecule has 0 aliphatic carbocycles. The standard InChI is InChI=1S/C15H22O2/c1-11(2)8-13-6-5-7-14(10-13)15(16)9-12(3)17-4/h5-7,10-12H,8-9H2,1-4H3. The molecular weight excluding hydrogens is 212 g/mol. The topological polar surface area (TPSA) is 26.3 Å². The summed E-state index contributed by atoms with van der Waals surface area (Å²) in [4.78, 5) is 12.0. The van der Waals surface area contributed by atoms with Crippen LogP contribution in [0.25, 0.3) is 0 Å². The van der Waals surface area contributed by atoms with E-state index in [1.807, 2.05) is 25.1 Å². The summed E-state index contributed by atoms with van der Waals surface area (Å²) < 4.78 is 5.12. The average molecular weight is 234 g/mol. The van der Waals surface area contributed by atoms with Crippen molar-refractivity contribution in [3.05, 3.63) is 35.4 Å². The molecular formula is C15H22O2. The third-order valence-electron chi connectivity index (χ3n) is 2.77. The molecule has 94 valence electrons. The lowest BCUT2D eigenvalue weighted by atomic mass is 9.98. The van der Waals surface area contributed by atoms with Crippen LogP contribution in [-0.4, -0.2) is 19.0 Å². The molecule has 0 N–H and O–H groups in total. The van der Waals surface area contributed by atoms with Crippen molar-refractivity contribution in [3.8, 4) is 0 Å². The number of hydrogen-bond donors (Lipinski definition) is 0. The van der Waals surface area contributed by atoms with Crippen molar-refractivity contribution in [1.82, 2.24) is 0 Å². The maximum atomic E-state index is 12.0. The predicted octanol–water partition coefficient (Wildman–Crippen LogP) is 3.49. The van der Waals surface area contributed by atoms with E-state index in [1.165, 1.54) is 5.56 Å². The number of ketones is 1. The molecule has 0 aliphatic rings. The van der Waals surface area contributed by atoms with Gasteiger partial charge in [-0.2, -0.15) is 0 Å². The zero-order valence-electron chi connectivity index (χ0n) is 11.2. The highest BCUT2D eigenvalue weighted by Gasteiger charge is 2.11. The summed E-state index contributed by atoms with van der Waals surface area (Å²) in [5, 5.41) is 0. The number of hydrogen-bond acceptors (Lipinski definition) is 2. The van der Waals surface area contributed by atoms with Gasteiger partial charge in [0.15, 0.2) is 5.78 Å². The maximum Gasteiger partial charge on any atom is 0.165 e. The monoisotopic (exact) mass is 234 g/mol. The number of benzene rings is 1. The van der Waals surface area contributed by atoms with E-state index in [2.05, 4.69) is 19.9 Å². The molecule has 1 atom stereocenters. The van der Waals surface area contributed by atoms with Crippen molar-refractivity contribution in [1.29, 1.82) is 0 Å². The van der Waals surface area contributed by atoms with E-state index in [9.17, 15) is 4.79 Å². The van der Waals surface area contributed by atoms with E-state index in [-0.39, 0.29) is 11.9 Å². The van der Waals surface area contributed by atoms with E-state index < -0.39 is 0 Å². The van der Waals surface area contributed by atoms with Crippen LogP contribution in [0.5, 0.6) is 0 Å². The van der Waals surface area contributed by atoms with Gasteiger partial charge in [0, 0.05) is 19.1 Å². The highest BCUT2D eigenvalue weighted by Crippen LogP contribution is 2.13. The van der Waals surface area contributed by atoms with Crippen LogP contribution in [0.2, 0.25) is 0 Å². The summed E-state index contributed by atoms with van der Waals surface area (Å²) in [5.41, 5.74) is 2.03. The van der Waals surface area contributed by atoms with Crippen molar-refractivity contribution < 1.29 is 9.53 Å². The molecule has 0 radical (unpaired) electrons. The van der Waals surface area contributed by atoms with Gasteiger partial charge in [0.1, 0.15) is 0 Å². The Labute approximate surface area is 104 Å². The van der Waals surface area contributed by atoms with Gasteiger partial charge in [-0.15, -0.1) is 0 Å². The van der Waals surface area contributed by atoms with Crippen LogP contribution in [0, 0.1) is 5.92 Å². The van der Waals surface area contributed by atoms with Crippen LogP contribution in [0.3, 0.4) is 0 Å². The van der Waals surface area contributed by atoms with Gasteiger partial charge in [0.25, 0.3) is 0 Å². The van der Waals surface area contributed by atoms with E-state index in [4.69, 9.17) is 4.74 Å². The molecule has 0 heterocycles. The summed E-state index contributed by atoms with van der Waals surface area (Å²) in [6, 6.07) is 7.93. The predicted molar refractivity (Wildman–Crippen MR) is 70.4 cm³/mol. The van der Waals surface area contributed by atoms with Crippen LogP contribution in [0.1, 0.15) is 43.1 Å². The minimum atomic E-state index is -0.0174. The van der Waals surface area contributed by atoms with Gasteiger partial charge in [-0.3, -0.25) is 4.79 Å². The molecule has 1 unspecified atom stereocenters. The molecule has 0 saturated heterocycles. The van der Waals surface area contributed by atoms with Gasteiger partial charge in [-0.1, -0.05) is 32.0 Å². The lowest BCUT2D eigenvalue weighted by Crippen LogP contribution is -2.12. The molecule has 0 fully saturated rings. The fourth-order valence-corrected chi connectivity index (χ4v) is 1.81. The molecule has 1 aromatic rings. The van der Waals surface area contributed by atoms with Crippen LogP contribution in [-0.2, 0) is 11.2 Å². The number of carbonyl (C=O) groups is 1. The molecule has 17 heavy (non-hydrogen) atoms. The van der Waals surface area contributed by atoms with Crippen LogP contribution >= 0.6 is 0 Å². The van der Waals surface area contributed by atoms with Gasteiger partial charge in [0.2, 0.25) is 0 Å². The third-order valence-corrected chi connectivity index (χ3v) is 2.77. The van der Waals surface area contributed by atoms with Gasteiger partial charge in [-0.05, 0) is 30.9 Å². The normalized spacial score (nSPS) is 12.8. The second-order valence-corrected chi connectivity index (χ2v) is 4.97. The van der Waals surface area contributed by atoms with Gasteiger partial charge in [0.05, 0.1) is 6.10 Å². The van der Waals surface area contributed by atoms with Crippen LogP contribution < -0.4 is 0 Å². The lowest BCUT2D eigenvalue weighted by Gasteiger charge is -2.10. The first-order valence-corrected chi connectivity index (χ1v) is 6.18. The van der Waals surface area contributed by atoms with Crippen molar-refractivity contribution in [3.63, 3.8) is 0 Å². The number of methoxy groups -OCH3 is 1. The van der Waals surface area contributed by atoms with Crippen molar-refractivity contribution in [2.24, 2.45) is 5.92 Å². The fraction of sp³-hybridized carbons (Fsp3) is 0.533.